The lowest BCUT2D eigenvalue weighted by molar-refractivity contribution is -0.147. The van der Waals surface area contributed by atoms with Gasteiger partial charge in [-0.1, -0.05) is 12.1 Å². The molecule has 0 spiro atoms. The number of amides is 1. The number of carbonyl (C=O) groups is 3. The van der Waals surface area contributed by atoms with Gasteiger partial charge < -0.3 is 24.3 Å². The molecule has 0 heterocycles. The number of ether oxygens (including phenoxy) is 4. The van der Waals surface area contributed by atoms with E-state index >= 15 is 0 Å². The molecule has 0 aliphatic rings. The summed E-state index contributed by atoms with van der Waals surface area (Å²) in [6, 6.07) is 13.6. The van der Waals surface area contributed by atoms with Gasteiger partial charge in [0.25, 0.3) is 5.91 Å². The average Bonchev–Trinajstić information content (AvgIpc) is 2.76. The maximum absolute atomic E-state index is 12.0. The van der Waals surface area contributed by atoms with Gasteiger partial charge in [-0.15, -0.1) is 0 Å². The Balaban J connectivity index is 1.69. The lowest BCUT2D eigenvalue weighted by Gasteiger charge is -2.11. The summed E-state index contributed by atoms with van der Waals surface area (Å²) in [4.78, 5) is 35.8. The fraction of sp³-hybridized carbons (Fsp3) is 0.318. The lowest BCUT2D eigenvalue weighted by atomic mass is 10.2. The molecule has 0 saturated heterocycles. The van der Waals surface area contributed by atoms with E-state index in [2.05, 4.69) is 5.32 Å². The predicted octanol–water partition coefficient (Wildman–Crippen LogP) is 3.21. The standard InChI is InChI=1S/C22H25NO7/c1-3-28-22(26)18-7-4-5-8-19(18)23-20(24)15-30-21(25)9-6-14-29-17-12-10-16(27-2)11-13-17/h4-5,7-8,10-13H,3,6,9,14-15H2,1-2H3,(H,23,24). The van der Waals surface area contributed by atoms with Crippen LogP contribution in [0.25, 0.3) is 0 Å². The quantitative estimate of drug-likeness (QED) is 0.444. The first-order valence-corrected chi connectivity index (χ1v) is 9.52. The zero-order valence-electron chi connectivity index (χ0n) is 17.0. The highest BCUT2D eigenvalue weighted by Crippen LogP contribution is 2.18. The molecule has 1 N–H and O–H groups in total. The van der Waals surface area contributed by atoms with E-state index in [9.17, 15) is 14.4 Å². The minimum Gasteiger partial charge on any atom is -0.497 e. The number of hydrogen-bond donors (Lipinski definition) is 1. The number of esters is 2. The highest BCUT2D eigenvalue weighted by Gasteiger charge is 2.15. The van der Waals surface area contributed by atoms with E-state index < -0.39 is 24.5 Å². The second-order valence-corrected chi connectivity index (χ2v) is 6.10. The van der Waals surface area contributed by atoms with Crippen LogP contribution in [0.5, 0.6) is 11.5 Å². The fourth-order valence-electron chi connectivity index (χ4n) is 2.46. The van der Waals surface area contributed by atoms with Crippen LogP contribution in [0.3, 0.4) is 0 Å². The van der Waals surface area contributed by atoms with Gasteiger partial charge in [0.15, 0.2) is 6.61 Å². The SMILES string of the molecule is CCOC(=O)c1ccccc1NC(=O)COC(=O)CCCOc1ccc(OC)cc1. The van der Waals surface area contributed by atoms with Crippen LogP contribution in [-0.2, 0) is 19.1 Å². The van der Waals surface area contributed by atoms with Gasteiger partial charge in [0.2, 0.25) is 0 Å². The van der Waals surface area contributed by atoms with Gasteiger partial charge in [-0.3, -0.25) is 9.59 Å². The van der Waals surface area contributed by atoms with Crippen LogP contribution >= 0.6 is 0 Å². The number of anilines is 1. The van der Waals surface area contributed by atoms with Crippen LogP contribution < -0.4 is 14.8 Å². The third kappa shape index (κ3) is 7.46. The molecule has 0 bridgehead atoms. The molecule has 8 nitrogen and oxygen atoms in total. The van der Waals surface area contributed by atoms with Crippen molar-refractivity contribution in [1.29, 1.82) is 0 Å². The maximum Gasteiger partial charge on any atom is 0.340 e. The smallest absolute Gasteiger partial charge is 0.340 e. The van der Waals surface area contributed by atoms with Crippen molar-refractivity contribution in [2.75, 3.05) is 32.2 Å². The third-order valence-electron chi connectivity index (χ3n) is 3.91. The third-order valence-corrected chi connectivity index (χ3v) is 3.91. The molecule has 160 valence electrons. The Morgan fingerprint density at radius 1 is 0.933 bits per heavy atom. The molecular formula is C22H25NO7. The van der Waals surface area contributed by atoms with E-state index in [1.807, 2.05) is 0 Å². The van der Waals surface area contributed by atoms with Gasteiger partial charge in [0, 0.05) is 6.42 Å². The molecule has 0 saturated carbocycles. The van der Waals surface area contributed by atoms with Crippen molar-refractivity contribution in [2.24, 2.45) is 0 Å². The van der Waals surface area contributed by atoms with Crippen molar-refractivity contribution < 1.29 is 33.3 Å². The monoisotopic (exact) mass is 415 g/mol. The molecule has 0 atom stereocenters. The van der Waals surface area contributed by atoms with Crippen molar-refractivity contribution in [3.63, 3.8) is 0 Å². The highest BCUT2D eigenvalue weighted by molar-refractivity contribution is 6.01. The summed E-state index contributed by atoms with van der Waals surface area (Å²) < 4.78 is 20.5. The summed E-state index contributed by atoms with van der Waals surface area (Å²) in [6.07, 6.45) is 0.557. The zero-order chi connectivity index (χ0) is 21.8. The van der Waals surface area contributed by atoms with E-state index in [1.54, 1.807) is 62.6 Å². The van der Waals surface area contributed by atoms with Gasteiger partial charge in [0.1, 0.15) is 11.5 Å². The van der Waals surface area contributed by atoms with Crippen molar-refractivity contribution in [3.05, 3.63) is 54.1 Å². The Labute approximate surface area is 175 Å². The highest BCUT2D eigenvalue weighted by atomic mass is 16.5. The first-order valence-electron chi connectivity index (χ1n) is 9.52. The molecule has 30 heavy (non-hydrogen) atoms. The van der Waals surface area contributed by atoms with Crippen LogP contribution in [0.4, 0.5) is 5.69 Å². The first kappa shape index (κ1) is 22.7. The molecule has 0 fully saturated rings. The van der Waals surface area contributed by atoms with Gasteiger partial charge >= 0.3 is 11.9 Å². The van der Waals surface area contributed by atoms with Crippen LogP contribution in [0.1, 0.15) is 30.1 Å². The Bertz CT molecular complexity index is 849. The molecule has 2 rings (SSSR count). The molecule has 8 heteroatoms. The van der Waals surface area contributed by atoms with Gasteiger partial charge in [-0.25, -0.2) is 4.79 Å². The number of methoxy groups -OCH3 is 1. The second-order valence-electron chi connectivity index (χ2n) is 6.10. The maximum atomic E-state index is 12.0. The number of para-hydroxylation sites is 1. The molecule has 2 aromatic carbocycles. The Morgan fingerprint density at radius 2 is 1.63 bits per heavy atom. The van der Waals surface area contributed by atoms with E-state index in [0.717, 1.165) is 5.75 Å². The zero-order valence-corrected chi connectivity index (χ0v) is 17.0. The summed E-state index contributed by atoms with van der Waals surface area (Å²) in [5.41, 5.74) is 0.527. The number of carbonyl (C=O) groups excluding carboxylic acids is 3. The Morgan fingerprint density at radius 3 is 2.33 bits per heavy atom. The van der Waals surface area contributed by atoms with Crippen molar-refractivity contribution in [2.45, 2.75) is 19.8 Å². The molecule has 0 aromatic heterocycles. The minimum atomic E-state index is -0.547. The molecule has 0 aliphatic carbocycles. The fourth-order valence-corrected chi connectivity index (χ4v) is 2.46. The molecule has 1 amide bonds. The summed E-state index contributed by atoms with van der Waals surface area (Å²) in [5, 5.41) is 2.55. The van der Waals surface area contributed by atoms with Crippen LogP contribution in [0.15, 0.2) is 48.5 Å². The lowest BCUT2D eigenvalue weighted by Crippen LogP contribution is -2.22. The number of hydrogen-bond acceptors (Lipinski definition) is 7. The first-order chi connectivity index (χ1) is 14.5. The van der Waals surface area contributed by atoms with Crippen LogP contribution in [-0.4, -0.2) is 44.8 Å². The number of benzene rings is 2. The molecule has 0 radical (unpaired) electrons. The normalized spacial score (nSPS) is 10.1. The molecule has 0 unspecified atom stereocenters. The van der Waals surface area contributed by atoms with E-state index in [1.165, 1.54) is 0 Å². The summed E-state index contributed by atoms with van der Waals surface area (Å²) in [5.74, 6) is -0.197. The van der Waals surface area contributed by atoms with E-state index in [-0.39, 0.29) is 18.6 Å². The molecular weight excluding hydrogens is 390 g/mol. The van der Waals surface area contributed by atoms with Crippen molar-refractivity contribution >= 4 is 23.5 Å². The predicted molar refractivity (Wildman–Crippen MR) is 110 cm³/mol. The van der Waals surface area contributed by atoms with Gasteiger partial charge in [-0.05, 0) is 49.7 Å². The minimum absolute atomic E-state index is 0.114. The Hall–Kier alpha value is -3.55. The van der Waals surface area contributed by atoms with Gasteiger partial charge in [-0.2, -0.15) is 0 Å². The summed E-state index contributed by atoms with van der Waals surface area (Å²) in [7, 11) is 1.58. The molecule has 2 aromatic rings. The summed E-state index contributed by atoms with van der Waals surface area (Å²) in [6.45, 7) is 1.80. The van der Waals surface area contributed by atoms with Crippen molar-refractivity contribution in [1.82, 2.24) is 0 Å². The van der Waals surface area contributed by atoms with E-state index in [4.69, 9.17) is 18.9 Å². The van der Waals surface area contributed by atoms with E-state index in [0.29, 0.717) is 24.5 Å². The molecule has 0 aliphatic heterocycles. The number of nitrogens with one attached hydrogen (secondary N) is 1. The van der Waals surface area contributed by atoms with Crippen molar-refractivity contribution in [3.8, 4) is 11.5 Å². The Kier molecular flexibility index (Phi) is 9.18. The summed E-state index contributed by atoms with van der Waals surface area (Å²) >= 11 is 0. The second kappa shape index (κ2) is 12.1. The van der Waals surface area contributed by atoms with Crippen LogP contribution in [0.2, 0.25) is 0 Å². The largest absolute Gasteiger partial charge is 0.497 e. The number of rotatable bonds is 11. The average molecular weight is 415 g/mol. The topological polar surface area (TPSA) is 100 Å². The van der Waals surface area contributed by atoms with Gasteiger partial charge in [0.05, 0.1) is 31.6 Å². The van der Waals surface area contributed by atoms with Crippen LogP contribution in [0, 0.1) is 0 Å².